The fourth-order valence-electron chi connectivity index (χ4n) is 7.20. The molecule has 252 valence electrons. The summed E-state index contributed by atoms with van der Waals surface area (Å²) in [5.41, 5.74) is 8.60. The number of nitrogens with zero attached hydrogens (tertiary/aromatic N) is 1. The number of carbonyl (C=O) groups is 1. The lowest BCUT2D eigenvalue weighted by molar-refractivity contribution is -0.935. The summed E-state index contributed by atoms with van der Waals surface area (Å²) in [7, 11) is 2.29. The summed E-state index contributed by atoms with van der Waals surface area (Å²) in [6, 6.07) is 64.7. The van der Waals surface area contributed by atoms with Gasteiger partial charge in [-0.25, -0.2) is 0 Å². The molecule has 50 heavy (non-hydrogen) atoms. The molecule has 0 radical (unpaired) electrons. The minimum atomic E-state index is -1.22. The Morgan fingerprint density at radius 2 is 0.840 bits per heavy atom. The number of nitrogens with one attached hydrogen (secondary N) is 1. The van der Waals surface area contributed by atoms with Crippen LogP contribution in [0.5, 0.6) is 0 Å². The highest BCUT2D eigenvalue weighted by Crippen LogP contribution is 2.18. The van der Waals surface area contributed by atoms with E-state index in [0.717, 1.165) is 30.5 Å². The molecular weight excluding hydrogens is 607 g/mol. The van der Waals surface area contributed by atoms with Crippen LogP contribution in [0.2, 0.25) is 0 Å². The van der Waals surface area contributed by atoms with E-state index in [0.29, 0.717) is 12.1 Å². The van der Waals surface area contributed by atoms with Gasteiger partial charge in [0.05, 0.1) is 13.6 Å². The van der Waals surface area contributed by atoms with Crippen LogP contribution in [0.15, 0.2) is 194 Å². The number of carbonyl (C=O) groups excluding carboxylic acids is 1. The molecule has 4 heteroatoms. The summed E-state index contributed by atoms with van der Waals surface area (Å²) in [5.74, 6) is -0.0553. The van der Waals surface area contributed by atoms with E-state index < -0.39 is 6.15 Å². The van der Waals surface area contributed by atoms with Crippen LogP contribution in [0.3, 0.4) is 0 Å². The predicted octanol–water partition coefficient (Wildman–Crippen LogP) is 6.98. The van der Waals surface area contributed by atoms with Gasteiger partial charge in [0.25, 0.3) is 0 Å². The number of benzene rings is 6. The highest BCUT2D eigenvalue weighted by molar-refractivity contribution is 7.19. The molecule has 0 aliphatic carbocycles. The van der Waals surface area contributed by atoms with Crippen LogP contribution in [-0.2, 0) is 17.9 Å². The first-order valence-corrected chi connectivity index (χ1v) is 17.6. The molecule has 6 aromatic carbocycles. The van der Waals surface area contributed by atoms with Crippen LogP contribution in [-0.4, -0.2) is 36.7 Å². The Morgan fingerprint density at radius 1 is 0.540 bits per heavy atom. The Labute approximate surface area is 299 Å². The molecule has 6 rings (SSSR count). The van der Waals surface area contributed by atoms with Crippen molar-refractivity contribution < 1.29 is 9.28 Å². The average Bonchev–Trinajstić information content (AvgIpc) is 3.16. The molecule has 0 unspecified atom stereocenters. The van der Waals surface area contributed by atoms with Crippen LogP contribution < -0.4 is 27.2 Å². The SMILES string of the molecule is C=C(C)C(=O)NCCC[N+](C)(Cc1ccccc1)Cc1ccccc1.c1ccc([B-](c2ccccc2)(c2ccccc2)c2ccccc2)cc1. The van der Waals surface area contributed by atoms with Crippen molar-refractivity contribution >= 4 is 33.9 Å². The molecule has 0 aliphatic heterocycles. The van der Waals surface area contributed by atoms with Gasteiger partial charge in [-0.3, -0.25) is 4.79 Å². The van der Waals surface area contributed by atoms with Crippen LogP contribution in [0.4, 0.5) is 0 Å². The van der Waals surface area contributed by atoms with E-state index in [4.69, 9.17) is 0 Å². The zero-order chi connectivity index (χ0) is 35.1. The molecule has 0 aromatic heterocycles. The molecule has 6 aromatic rings. The second-order valence-electron chi connectivity index (χ2n) is 13.5. The lowest BCUT2D eigenvalue weighted by Gasteiger charge is -2.44. The third kappa shape index (κ3) is 9.37. The molecule has 0 spiro atoms. The third-order valence-corrected chi connectivity index (χ3v) is 9.56. The summed E-state index contributed by atoms with van der Waals surface area (Å²) < 4.78 is 0.914. The standard InChI is InChI=1S/C24H20B.C22H28N2O/c1-5-13-21(14-6-1)25(22-15-7-2-8-16-22,23-17-9-3-10-18-23)24-19-11-4-12-20-24;1-19(2)22(25)23-15-10-16-24(3,17-20-11-6-4-7-12-20)18-21-13-8-5-9-14-21/h1-20H;4-9,11-14H,1,10,15-18H2,2-3H3/q-1;/p+1. The van der Waals surface area contributed by atoms with E-state index in [1.807, 2.05) is 0 Å². The first-order chi connectivity index (χ1) is 24.4. The molecule has 0 aliphatic rings. The number of rotatable bonds is 13. The lowest BCUT2D eigenvalue weighted by atomic mass is 9.13. The van der Waals surface area contributed by atoms with Crippen LogP contribution in [0, 0.1) is 0 Å². The largest absolute Gasteiger partial charge is 0.352 e. The van der Waals surface area contributed by atoms with E-state index in [-0.39, 0.29) is 5.91 Å². The minimum Gasteiger partial charge on any atom is -0.352 e. The van der Waals surface area contributed by atoms with Crippen LogP contribution in [0.1, 0.15) is 24.5 Å². The van der Waals surface area contributed by atoms with Gasteiger partial charge < -0.3 is 9.80 Å². The summed E-state index contributed by atoms with van der Waals surface area (Å²) in [4.78, 5) is 11.6. The topological polar surface area (TPSA) is 29.1 Å². The second kappa shape index (κ2) is 17.8. The fraction of sp³-hybridized carbons (Fsp3) is 0.152. The number of hydrogen-bond acceptors (Lipinski definition) is 1. The second-order valence-corrected chi connectivity index (χ2v) is 13.5. The molecule has 0 saturated carbocycles. The normalized spacial score (nSPS) is 11.2. The maximum absolute atomic E-state index is 11.6. The van der Waals surface area contributed by atoms with Crippen molar-refractivity contribution in [1.29, 1.82) is 0 Å². The van der Waals surface area contributed by atoms with E-state index in [1.165, 1.54) is 33.0 Å². The van der Waals surface area contributed by atoms with Crippen LogP contribution >= 0.6 is 0 Å². The molecule has 0 bridgehead atoms. The molecule has 0 saturated heterocycles. The van der Waals surface area contributed by atoms with Gasteiger partial charge in [0.2, 0.25) is 5.91 Å². The van der Waals surface area contributed by atoms with Gasteiger partial charge in [0.15, 0.2) is 0 Å². The smallest absolute Gasteiger partial charge is 0.246 e. The summed E-state index contributed by atoms with van der Waals surface area (Å²) >= 11 is 0. The molecule has 1 amide bonds. The van der Waals surface area contributed by atoms with Crippen LogP contribution in [0.25, 0.3) is 0 Å². The molecule has 0 fully saturated rings. The van der Waals surface area contributed by atoms with Crippen molar-refractivity contribution in [2.75, 3.05) is 20.1 Å². The van der Waals surface area contributed by atoms with Crippen molar-refractivity contribution in [2.24, 2.45) is 0 Å². The highest BCUT2D eigenvalue weighted by atomic mass is 16.1. The van der Waals surface area contributed by atoms with Gasteiger partial charge in [0.1, 0.15) is 19.2 Å². The van der Waals surface area contributed by atoms with Gasteiger partial charge in [-0.2, -0.15) is 21.9 Å². The lowest BCUT2D eigenvalue weighted by Crippen LogP contribution is -2.74. The molecule has 0 atom stereocenters. The van der Waals surface area contributed by atoms with E-state index in [1.54, 1.807) is 6.92 Å². The Balaban J connectivity index is 0.000000194. The molecule has 3 nitrogen and oxygen atoms in total. The van der Waals surface area contributed by atoms with Crippen molar-refractivity contribution in [3.05, 3.63) is 205 Å². The molecule has 1 N–H and O–H groups in total. The van der Waals surface area contributed by atoms with Crippen molar-refractivity contribution in [3.63, 3.8) is 0 Å². The Morgan fingerprint density at radius 3 is 1.14 bits per heavy atom. The van der Waals surface area contributed by atoms with Crippen molar-refractivity contribution in [3.8, 4) is 0 Å². The maximum atomic E-state index is 11.6. The Hall–Kier alpha value is -5.45. The Kier molecular flexibility index (Phi) is 12.8. The van der Waals surface area contributed by atoms with E-state index >= 15 is 0 Å². The first kappa shape index (κ1) is 35.9. The zero-order valence-corrected chi connectivity index (χ0v) is 29.5. The molecule has 0 heterocycles. The zero-order valence-electron chi connectivity index (χ0n) is 29.5. The van der Waals surface area contributed by atoms with Gasteiger partial charge in [-0.05, 0) is 6.92 Å². The number of amides is 1. The quantitative estimate of drug-likeness (QED) is 0.0619. The predicted molar refractivity (Wildman–Crippen MR) is 214 cm³/mol. The van der Waals surface area contributed by atoms with E-state index in [2.05, 4.69) is 201 Å². The fourth-order valence-corrected chi connectivity index (χ4v) is 7.20. The maximum Gasteiger partial charge on any atom is 0.246 e. The van der Waals surface area contributed by atoms with E-state index in [9.17, 15) is 4.79 Å². The Bertz CT molecular complexity index is 1680. The summed E-state index contributed by atoms with van der Waals surface area (Å²) in [6.45, 7) is 9.05. The minimum absolute atomic E-state index is 0.0553. The number of hydrogen-bond donors (Lipinski definition) is 1. The van der Waals surface area contributed by atoms with Gasteiger partial charge in [-0.15, -0.1) is 0 Å². The number of quaternary nitrogens is 1. The van der Waals surface area contributed by atoms with Crippen molar-refractivity contribution in [2.45, 2.75) is 26.4 Å². The van der Waals surface area contributed by atoms with Crippen molar-refractivity contribution in [1.82, 2.24) is 5.32 Å². The van der Waals surface area contributed by atoms with Gasteiger partial charge >= 0.3 is 0 Å². The third-order valence-electron chi connectivity index (χ3n) is 9.56. The van der Waals surface area contributed by atoms with Gasteiger partial charge in [0, 0.05) is 29.7 Å². The van der Waals surface area contributed by atoms with Gasteiger partial charge in [-0.1, -0.05) is 189 Å². The first-order valence-electron chi connectivity index (χ1n) is 17.6. The molecular formula is C46H49BN2O. The summed E-state index contributed by atoms with van der Waals surface area (Å²) in [6.07, 6.45) is -0.276. The highest BCUT2D eigenvalue weighted by Gasteiger charge is 2.31. The summed E-state index contributed by atoms with van der Waals surface area (Å²) in [5, 5.41) is 2.93. The average molecular weight is 657 g/mol. The monoisotopic (exact) mass is 656 g/mol.